The number of alkyl halides is 7. The number of anilines is 1. The van der Waals surface area contributed by atoms with Gasteiger partial charge in [-0.05, 0) is 55.3 Å². The number of cyclic esters (lactones) is 1. The molecular weight excluding hydrogens is 719 g/mol. The summed E-state index contributed by atoms with van der Waals surface area (Å²) in [6.07, 6.45) is -12.3. The fraction of sp³-hybridized carbons (Fsp3) is 0.400. The molecule has 9 nitrogen and oxygen atoms in total. The quantitative estimate of drug-likeness (QED) is 0.187. The number of carboxylic acid groups (broad SMARTS) is 1. The molecular formula is C35H32F7N5O4S. The Labute approximate surface area is 297 Å². The first-order valence-corrected chi connectivity index (χ1v) is 16.8. The molecule has 4 heterocycles. The molecule has 0 bridgehead atoms. The third-order valence-electron chi connectivity index (χ3n) is 8.91. The van der Waals surface area contributed by atoms with Crippen LogP contribution in [0.3, 0.4) is 0 Å². The van der Waals surface area contributed by atoms with Gasteiger partial charge in [0.15, 0.2) is 0 Å². The van der Waals surface area contributed by atoms with Crippen molar-refractivity contribution in [2.45, 2.75) is 77.2 Å². The highest BCUT2D eigenvalue weighted by Gasteiger charge is 2.44. The molecule has 2 fully saturated rings. The molecule has 17 heteroatoms. The maximum absolute atomic E-state index is 13.8. The molecule has 6 rings (SSSR count). The zero-order chi connectivity index (χ0) is 38.1. The highest BCUT2D eigenvalue weighted by molar-refractivity contribution is 7.18. The van der Waals surface area contributed by atoms with Crippen LogP contribution >= 0.6 is 11.3 Å². The largest absolute Gasteiger partial charge is 0.478 e. The number of carboxylic acids is 1. The summed E-state index contributed by atoms with van der Waals surface area (Å²) in [6, 6.07) is 4.70. The number of hydrogen-bond donors (Lipinski definition) is 1. The Morgan fingerprint density at radius 1 is 0.981 bits per heavy atom. The standard InChI is InChI=1S/C35H32F7N5O4S/c1-16-8-18(30(48)49)6-7-23(16)29-45-28(33(3,4)5)27(52-29)24-12-43-31(46-13-22(36)14-46)44-25(24)15-47-17(2)26(51-32(47)50)19-9-20(34(37,38)39)11-21(10-19)35(40,41)42/h6-12,17,22,26H,13-15H2,1-5H3,(H,48,49)/t17-,26-/m0/s1. The van der Waals surface area contributed by atoms with Crippen LogP contribution in [0.15, 0.2) is 42.6 Å². The number of ether oxygens (including phenoxy) is 1. The number of carbonyl (C=O) groups excluding carboxylic acids is 1. The molecule has 276 valence electrons. The van der Waals surface area contributed by atoms with Crippen molar-refractivity contribution in [3.63, 3.8) is 0 Å². The fourth-order valence-electron chi connectivity index (χ4n) is 6.08. The molecule has 2 saturated heterocycles. The summed E-state index contributed by atoms with van der Waals surface area (Å²) in [5.41, 5.74) is -1.34. The maximum atomic E-state index is 13.8. The van der Waals surface area contributed by atoms with Crippen LogP contribution in [0.4, 0.5) is 41.5 Å². The van der Waals surface area contributed by atoms with Crippen LogP contribution < -0.4 is 4.90 Å². The highest BCUT2D eigenvalue weighted by atomic mass is 32.1. The molecule has 2 aliphatic rings. The number of aromatic nitrogens is 3. The van der Waals surface area contributed by atoms with Gasteiger partial charge in [-0.3, -0.25) is 4.90 Å². The van der Waals surface area contributed by atoms with Gasteiger partial charge in [-0.2, -0.15) is 26.3 Å². The van der Waals surface area contributed by atoms with Crippen LogP contribution in [0.1, 0.15) is 77.8 Å². The first-order valence-electron chi connectivity index (χ1n) is 16.0. The second-order valence-corrected chi connectivity index (χ2v) is 14.8. The van der Waals surface area contributed by atoms with Crippen molar-refractivity contribution in [2.24, 2.45) is 0 Å². The van der Waals surface area contributed by atoms with E-state index in [9.17, 15) is 45.4 Å². The van der Waals surface area contributed by atoms with Crippen molar-refractivity contribution in [1.29, 1.82) is 0 Å². The van der Waals surface area contributed by atoms with E-state index in [1.54, 1.807) is 17.9 Å². The molecule has 52 heavy (non-hydrogen) atoms. The average molecular weight is 752 g/mol. The Balaban J connectivity index is 1.43. The number of rotatable bonds is 7. The van der Waals surface area contributed by atoms with Crippen LogP contribution in [0.2, 0.25) is 0 Å². The zero-order valence-electron chi connectivity index (χ0n) is 28.4. The molecule has 0 radical (unpaired) electrons. The summed E-state index contributed by atoms with van der Waals surface area (Å²) >= 11 is 1.27. The third-order valence-corrected chi connectivity index (χ3v) is 10.0. The minimum atomic E-state index is -5.10. The van der Waals surface area contributed by atoms with Gasteiger partial charge in [0.2, 0.25) is 5.95 Å². The molecule has 0 aliphatic carbocycles. The van der Waals surface area contributed by atoms with Gasteiger partial charge in [0.05, 0.1) is 58.6 Å². The van der Waals surface area contributed by atoms with Gasteiger partial charge < -0.3 is 14.7 Å². The Morgan fingerprint density at radius 3 is 2.15 bits per heavy atom. The lowest BCUT2D eigenvalue weighted by Gasteiger charge is -2.34. The maximum Gasteiger partial charge on any atom is 0.416 e. The first-order chi connectivity index (χ1) is 24.1. The van der Waals surface area contributed by atoms with E-state index in [4.69, 9.17) is 14.7 Å². The Morgan fingerprint density at radius 2 is 1.62 bits per heavy atom. The van der Waals surface area contributed by atoms with E-state index in [2.05, 4.69) is 4.98 Å². The van der Waals surface area contributed by atoms with Gasteiger partial charge in [-0.15, -0.1) is 11.3 Å². The lowest BCUT2D eigenvalue weighted by Crippen LogP contribution is -2.49. The number of carbonyl (C=O) groups is 2. The number of halogens is 7. The lowest BCUT2D eigenvalue weighted by atomic mass is 9.89. The monoisotopic (exact) mass is 751 g/mol. The molecule has 0 spiro atoms. The third kappa shape index (κ3) is 7.14. The van der Waals surface area contributed by atoms with Gasteiger partial charge >= 0.3 is 24.4 Å². The minimum absolute atomic E-state index is 0.00724. The SMILES string of the molecule is Cc1cc(C(=O)O)ccc1-c1nc(C(C)(C)C)c(-c2cnc(N3CC(F)C3)nc2CN2C(=O)O[C@H](c3cc(C(F)(F)F)cc(C(F)(F)F)c3)[C@@H]2C)s1. The van der Waals surface area contributed by atoms with E-state index in [0.29, 0.717) is 44.4 Å². The van der Waals surface area contributed by atoms with E-state index in [1.807, 2.05) is 20.8 Å². The molecule has 2 aromatic carbocycles. The van der Waals surface area contributed by atoms with Gasteiger partial charge in [-0.25, -0.2) is 28.9 Å². The van der Waals surface area contributed by atoms with Gasteiger partial charge in [0, 0.05) is 22.7 Å². The van der Waals surface area contributed by atoms with Crippen molar-refractivity contribution in [1.82, 2.24) is 19.9 Å². The summed E-state index contributed by atoms with van der Waals surface area (Å²) in [4.78, 5) is 42.4. The van der Waals surface area contributed by atoms with Crippen molar-refractivity contribution in [3.8, 4) is 21.0 Å². The van der Waals surface area contributed by atoms with Crippen molar-refractivity contribution in [2.75, 3.05) is 18.0 Å². The average Bonchev–Trinajstić information content (AvgIpc) is 3.60. The number of benzene rings is 2. The highest BCUT2D eigenvalue weighted by Crippen LogP contribution is 2.45. The topological polar surface area (TPSA) is 109 Å². The number of aryl methyl sites for hydroxylation is 1. The molecule has 1 amide bonds. The molecule has 2 aromatic heterocycles. The summed E-state index contributed by atoms with van der Waals surface area (Å²) in [7, 11) is 0. The minimum Gasteiger partial charge on any atom is -0.478 e. The summed E-state index contributed by atoms with van der Waals surface area (Å²) in [5.74, 6) is -0.918. The van der Waals surface area contributed by atoms with Gasteiger partial charge in [0.25, 0.3) is 0 Å². The van der Waals surface area contributed by atoms with E-state index in [-0.39, 0.29) is 42.9 Å². The summed E-state index contributed by atoms with van der Waals surface area (Å²) in [6.45, 7) is 8.77. The van der Waals surface area contributed by atoms with E-state index in [0.717, 1.165) is 4.90 Å². The Hall–Kier alpha value is -4.80. The number of aromatic carboxylic acids is 1. The molecule has 4 aromatic rings. The van der Waals surface area contributed by atoms with Crippen molar-refractivity contribution < 1.29 is 50.2 Å². The van der Waals surface area contributed by atoms with E-state index in [1.165, 1.54) is 36.6 Å². The van der Waals surface area contributed by atoms with Crippen LogP contribution in [0.25, 0.3) is 21.0 Å². The van der Waals surface area contributed by atoms with Gasteiger partial charge in [-0.1, -0.05) is 26.8 Å². The molecule has 2 aliphatic heterocycles. The second kappa shape index (κ2) is 13.0. The second-order valence-electron chi connectivity index (χ2n) is 13.8. The normalized spacial score (nSPS) is 18.5. The van der Waals surface area contributed by atoms with Crippen LogP contribution in [0.5, 0.6) is 0 Å². The summed E-state index contributed by atoms with van der Waals surface area (Å²) in [5, 5.41) is 10.0. The fourth-order valence-corrected chi connectivity index (χ4v) is 7.48. The number of nitrogens with zero attached hydrogens (tertiary/aromatic N) is 5. The van der Waals surface area contributed by atoms with Crippen LogP contribution in [0, 0.1) is 6.92 Å². The number of hydrogen-bond acceptors (Lipinski definition) is 8. The van der Waals surface area contributed by atoms with Crippen LogP contribution in [-0.4, -0.2) is 62.3 Å². The molecule has 0 saturated carbocycles. The molecule has 2 atom stereocenters. The predicted molar refractivity (Wildman–Crippen MR) is 177 cm³/mol. The molecule has 0 unspecified atom stereocenters. The van der Waals surface area contributed by atoms with Crippen LogP contribution in [-0.2, 0) is 29.0 Å². The smallest absolute Gasteiger partial charge is 0.416 e. The lowest BCUT2D eigenvalue weighted by molar-refractivity contribution is -0.143. The first kappa shape index (κ1) is 37.0. The predicted octanol–water partition coefficient (Wildman–Crippen LogP) is 8.85. The van der Waals surface area contributed by atoms with E-state index < -0.39 is 64.8 Å². The summed E-state index contributed by atoms with van der Waals surface area (Å²) < 4.78 is 101. The van der Waals surface area contributed by atoms with E-state index >= 15 is 0 Å². The Kier molecular flexibility index (Phi) is 9.25. The van der Waals surface area contributed by atoms with Gasteiger partial charge in [0.1, 0.15) is 17.3 Å². The number of amides is 1. The zero-order valence-corrected chi connectivity index (χ0v) is 29.2. The molecule has 1 N–H and O–H groups in total. The van der Waals surface area contributed by atoms with Crippen molar-refractivity contribution >= 4 is 29.3 Å². The van der Waals surface area contributed by atoms with Crippen molar-refractivity contribution in [3.05, 3.63) is 81.8 Å². The number of thiazole rings is 1. The Bertz CT molecular complexity index is 2020.